The van der Waals surface area contributed by atoms with Crippen molar-refractivity contribution in [2.45, 2.75) is 32.4 Å². The summed E-state index contributed by atoms with van der Waals surface area (Å²) in [5.41, 5.74) is 1.09. The van der Waals surface area contributed by atoms with Gasteiger partial charge >= 0.3 is 0 Å². The SMILES string of the molecule is CC(=O)N[C@@H](C)c1ccc(O[C@H]2CCNC2)cc1.Cl. The van der Waals surface area contributed by atoms with E-state index in [0.717, 1.165) is 30.8 Å². The molecule has 1 aliphatic rings. The fourth-order valence-electron chi connectivity index (χ4n) is 2.14. The van der Waals surface area contributed by atoms with Crippen molar-refractivity contribution in [3.63, 3.8) is 0 Å². The van der Waals surface area contributed by atoms with Crippen LogP contribution in [0, 0.1) is 0 Å². The Labute approximate surface area is 120 Å². The van der Waals surface area contributed by atoms with Crippen molar-refractivity contribution < 1.29 is 9.53 Å². The van der Waals surface area contributed by atoms with Crippen LogP contribution in [0.25, 0.3) is 0 Å². The molecule has 1 aromatic rings. The Balaban J connectivity index is 0.00000180. The molecule has 0 spiro atoms. The Hall–Kier alpha value is -1.26. The molecule has 0 aliphatic carbocycles. The minimum Gasteiger partial charge on any atom is -0.489 e. The van der Waals surface area contributed by atoms with Gasteiger partial charge in [0, 0.05) is 13.5 Å². The molecule has 0 bridgehead atoms. The second-order valence-corrected chi connectivity index (χ2v) is 4.72. The number of halogens is 1. The van der Waals surface area contributed by atoms with Gasteiger partial charge in [-0.05, 0) is 37.6 Å². The maximum Gasteiger partial charge on any atom is 0.217 e. The summed E-state index contributed by atoms with van der Waals surface area (Å²) in [5, 5.41) is 6.13. The molecule has 4 nitrogen and oxygen atoms in total. The van der Waals surface area contributed by atoms with Gasteiger partial charge in [-0.3, -0.25) is 4.79 Å². The molecule has 106 valence electrons. The van der Waals surface area contributed by atoms with E-state index >= 15 is 0 Å². The highest BCUT2D eigenvalue weighted by Crippen LogP contribution is 2.19. The Kier molecular flexibility index (Phi) is 6.12. The molecule has 0 saturated carbocycles. The van der Waals surface area contributed by atoms with Gasteiger partial charge in [0.15, 0.2) is 0 Å². The number of ether oxygens (including phenoxy) is 1. The fraction of sp³-hybridized carbons (Fsp3) is 0.500. The molecular formula is C14H21ClN2O2. The van der Waals surface area contributed by atoms with Crippen LogP contribution < -0.4 is 15.4 Å². The Morgan fingerprint density at radius 3 is 2.63 bits per heavy atom. The lowest BCUT2D eigenvalue weighted by Gasteiger charge is -2.15. The predicted octanol–water partition coefficient (Wildman–Crippen LogP) is 2.05. The molecule has 0 radical (unpaired) electrons. The van der Waals surface area contributed by atoms with Crippen molar-refractivity contribution in [1.29, 1.82) is 0 Å². The maximum absolute atomic E-state index is 11.0. The van der Waals surface area contributed by atoms with E-state index in [0.29, 0.717) is 0 Å². The van der Waals surface area contributed by atoms with Gasteiger partial charge in [0.1, 0.15) is 11.9 Å². The van der Waals surface area contributed by atoms with Crippen molar-refractivity contribution in [3.05, 3.63) is 29.8 Å². The highest BCUT2D eigenvalue weighted by atomic mass is 35.5. The zero-order chi connectivity index (χ0) is 13.0. The average Bonchev–Trinajstić information content (AvgIpc) is 2.82. The first-order chi connectivity index (χ1) is 8.65. The van der Waals surface area contributed by atoms with Gasteiger partial charge in [0.25, 0.3) is 0 Å². The number of rotatable bonds is 4. The van der Waals surface area contributed by atoms with Gasteiger partial charge in [-0.25, -0.2) is 0 Å². The molecule has 0 unspecified atom stereocenters. The lowest BCUT2D eigenvalue weighted by molar-refractivity contribution is -0.119. The van der Waals surface area contributed by atoms with Crippen LogP contribution in [0.2, 0.25) is 0 Å². The molecular weight excluding hydrogens is 264 g/mol. The molecule has 1 aliphatic heterocycles. The molecule has 19 heavy (non-hydrogen) atoms. The van der Waals surface area contributed by atoms with Gasteiger partial charge in [-0.2, -0.15) is 0 Å². The summed E-state index contributed by atoms with van der Waals surface area (Å²) in [6.07, 6.45) is 1.34. The number of nitrogens with one attached hydrogen (secondary N) is 2. The number of amides is 1. The van der Waals surface area contributed by atoms with E-state index in [1.165, 1.54) is 6.92 Å². The minimum atomic E-state index is -0.0140. The maximum atomic E-state index is 11.0. The Bertz CT molecular complexity index is 402. The lowest BCUT2D eigenvalue weighted by Crippen LogP contribution is -2.23. The van der Waals surface area contributed by atoms with Crippen LogP contribution >= 0.6 is 12.4 Å². The summed E-state index contributed by atoms with van der Waals surface area (Å²) in [7, 11) is 0. The average molecular weight is 285 g/mol. The van der Waals surface area contributed by atoms with E-state index in [1.807, 2.05) is 31.2 Å². The van der Waals surface area contributed by atoms with Crippen LogP contribution in [-0.4, -0.2) is 25.1 Å². The van der Waals surface area contributed by atoms with Crippen LogP contribution in [-0.2, 0) is 4.79 Å². The van der Waals surface area contributed by atoms with Crippen LogP contribution in [0.1, 0.15) is 31.9 Å². The standard InChI is InChI=1S/C14H20N2O2.ClH/c1-10(16-11(2)17)12-3-5-13(6-4-12)18-14-7-8-15-9-14;/h3-6,10,14-15H,7-9H2,1-2H3,(H,16,17);1H/t10-,14-;/m0./s1. The third-order valence-corrected chi connectivity index (χ3v) is 3.12. The highest BCUT2D eigenvalue weighted by Gasteiger charge is 2.15. The Morgan fingerprint density at radius 1 is 1.42 bits per heavy atom. The van der Waals surface area contributed by atoms with Gasteiger partial charge in [0.2, 0.25) is 5.91 Å². The number of carbonyl (C=O) groups excluding carboxylic acids is 1. The molecule has 2 rings (SSSR count). The molecule has 5 heteroatoms. The van der Waals surface area contributed by atoms with Crippen molar-refractivity contribution >= 4 is 18.3 Å². The van der Waals surface area contributed by atoms with Crippen molar-refractivity contribution in [2.24, 2.45) is 0 Å². The lowest BCUT2D eigenvalue weighted by atomic mass is 10.1. The van der Waals surface area contributed by atoms with Crippen molar-refractivity contribution in [1.82, 2.24) is 10.6 Å². The summed E-state index contributed by atoms with van der Waals surface area (Å²) in [6, 6.07) is 7.96. The number of hydrogen-bond acceptors (Lipinski definition) is 3. The summed E-state index contributed by atoms with van der Waals surface area (Å²) < 4.78 is 5.84. The van der Waals surface area contributed by atoms with E-state index in [-0.39, 0.29) is 30.5 Å². The van der Waals surface area contributed by atoms with E-state index in [4.69, 9.17) is 4.74 Å². The van der Waals surface area contributed by atoms with Crippen LogP contribution in [0.15, 0.2) is 24.3 Å². The van der Waals surface area contributed by atoms with Gasteiger partial charge in [0.05, 0.1) is 6.04 Å². The van der Waals surface area contributed by atoms with E-state index in [1.54, 1.807) is 0 Å². The van der Waals surface area contributed by atoms with Gasteiger partial charge in [-0.1, -0.05) is 12.1 Å². The van der Waals surface area contributed by atoms with E-state index in [9.17, 15) is 4.79 Å². The third kappa shape index (κ3) is 4.73. The number of benzene rings is 1. The van der Waals surface area contributed by atoms with Crippen molar-refractivity contribution in [3.8, 4) is 5.75 Å². The second-order valence-electron chi connectivity index (χ2n) is 4.72. The van der Waals surface area contributed by atoms with Gasteiger partial charge in [-0.15, -0.1) is 12.4 Å². The topological polar surface area (TPSA) is 50.4 Å². The zero-order valence-corrected chi connectivity index (χ0v) is 12.1. The highest BCUT2D eigenvalue weighted by molar-refractivity contribution is 5.85. The van der Waals surface area contributed by atoms with E-state index in [2.05, 4.69) is 10.6 Å². The third-order valence-electron chi connectivity index (χ3n) is 3.12. The summed E-state index contributed by atoms with van der Waals surface area (Å²) in [6.45, 7) is 5.45. The molecule has 1 fully saturated rings. The first-order valence-electron chi connectivity index (χ1n) is 6.39. The summed E-state index contributed by atoms with van der Waals surface area (Å²) in [5.74, 6) is 0.877. The first kappa shape index (κ1) is 15.8. The summed E-state index contributed by atoms with van der Waals surface area (Å²) in [4.78, 5) is 11.0. The van der Waals surface area contributed by atoms with Crippen LogP contribution in [0.4, 0.5) is 0 Å². The monoisotopic (exact) mass is 284 g/mol. The predicted molar refractivity (Wildman–Crippen MR) is 77.8 cm³/mol. The molecule has 0 aromatic heterocycles. The van der Waals surface area contributed by atoms with Crippen LogP contribution in [0.5, 0.6) is 5.75 Å². The van der Waals surface area contributed by atoms with Gasteiger partial charge < -0.3 is 15.4 Å². The molecule has 1 saturated heterocycles. The number of hydrogen-bond donors (Lipinski definition) is 2. The smallest absolute Gasteiger partial charge is 0.217 e. The molecule has 2 atom stereocenters. The molecule has 2 N–H and O–H groups in total. The van der Waals surface area contributed by atoms with Crippen LogP contribution in [0.3, 0.4) is 0 Å². The Morgan fingerprint density at radius 2 is 2.11 bits per heavy atom. The molecule has 1 amide bonds. The molecule has 1 heterocycles. The normalized spacial score (nSPS) is 19.4. The minimum absolute atomic E-state index is 0. The first-order valence-corrected chi connectivity index (χ1v) is 6.39. The summed E-state index contributed by atoms with van der Waals surface area (Å²) >= 11 is 0. The fourth-order valence-corrected chi connectivity index (χ4v) is 2.14. The van der Waals surface area contributed by atoms with Crippen molar-refractivity contribution in [2.75, 3.05) is 13.1 Å². The molecule has 1 aromatic carbocycles. The zero-order valence-electron chi connectivity index (χ0n) is 11.3. The quantitative estimate of drug-likeness (QED) is 0.890. The van der Waals surface area contributed by atoms with E-state index < -0.39 is 0 Å². The second kappa shape index (κ2) is 7.36. The largest absolute Gasteiger partial charge is 0.489 e. The number of carbonyl (C=O) groups is 1.